The van der Waals surface area contributed by atoms with Gasteiger partial charge in [0, 0.05) is 17.5 Å². The summed E-state index contributed by atoms with van der Waals surface area (Å²) >= 11 is 1.45. The minimum atomic E-state index is -0.407. The maximum absolute atomic E-state index is 13.9. The van der Waals surface area contributed by atoms with E-state index >= 15 is 0 Å². The highest BCUT2D eigenvalue weighted by atomic mass is 32.2. The molecule has 6 nitrogen and oxygen atoms in total. The molecule has 1 N–H and O–H groups in total. The Morgan fingerprint density at radius 2 is 1.64 bits per heavy atom. The predicted molar refractivity (Wildman–Crippen MR) is 163 cm³/mol. The van der Waals surface area contributed by atoms with Crippen LogP contribution in [0.3, 0.4) is 0 Å². The highest BCUT2D eigenvalue weighted by molar-refractivity contribution is 8.00. The van der Waals surface area contributed by atoms with E-state index in [0.717, 1.165) is 39.2 Å². The van der Waals surface area contributed by atoms with Gasteiger partial charge in [0.05, 0.1) is 22.4 Å². The smallest absolute Gasteiger partial charge is 0.240 e. The van der Waals surface area contributed by atoms with Crippen molar-refractivity contribution in [2.75, 3.05) is 17.2 Å². The van der Waals surface area contributed by atoms with E-state index in [1.54, 1.807) is 28.9 Å². The van der Waals surface area contributed by atoms with E-state index in [4.69, 9.17) is 5.10 Å². The molecular formula is C33H34F2N4O2S. The van der Waals surface area contributed by atoms with Gasteiger partial charge in [-0.3, -0.25) is 14.5 Å². The first kappa shape index (κ1) is 29.5. The minimum Gasteiger partial charge on any atom is -0.350 e. The van der Waals surface area contributed by atoms with Gasteiger partial charge in [0.2, 0.25) is 11.8 Å². The van der Waals surface area contributed by atoms with Gasteiger partial charge in [-0.2, -0.15) is 5.10 Å². The Morgan fingerprint density at radius 3 is 2.29 bits per heavy atom. The predicted octanol–water partition coefficient (Wildman–Crippen LogP) is 6.55. The average molecular weight is 589 g/mol. The number of amides is 2. The largest absolute Gasteiger partial charge is 0.350 e. The maximum Gasteiger partial charge on any atom is 0.240 e. The zero-order chi connectivity index (χ0) is 30.2. The van der Waals surface area contributed by atoms with Gasteiger partial charge in [0.15, 0.2) is 0 Å². The molecule has 0 aliphatic carbocycles. The van der Waals surface area contributed by atoms with E-state index < -0.39 is 5.41 Å². The van der Waals surface area contributed by atoms with Crippen LogP contribution in [-0.2, 0) is 21.5 Å². The Balaban J connectivity index is 1.66. The number of aromatic nitrogens is 2. The van der Waals surface area contributed by atoms with E-state index in [1.165, 1.54) is 40.9 Å². The molecule has 1 aliphatic heterocycles. The molecule has 0 radical (unpaired) electrons. The summed E-state index contributed by atoms with van der Waals surface area (Å²) in [5, 5.41) is 7.69. The number of hydrogen-bond donors (Lipinski definition) is 1. The fourth-order valence-corrected chi connectivity index (χ4v) is 6.31. The van der Waals surface area contributed by atoms with Crippen molar-refractivity contribution in [3.05, 3.63) is 112 Å². The number of aryl methyl sites for hydroxylation is 1. The van der Waals surface area contributed by atoms with Crippen LogP contribution in [0, 0.1) is 25.5 Å². The molecule has 1 atom stereocenters. The monoisotopic (exact) mass is 588 g/mol. The number of carbonyl (C=O) groups excluding carboxylic acids is 2. The van der Waals surface area contributed by atoms with Crippen molar-refractivity contribution in [3.63, 3.8) is 0 Å². The molecule has 0 bridgehead atoms. The molecular weight excluding hydrogens is 554 g/mol. The fraction of sp³-hybridized carbons (Fsp3) is 0.303. The Labute approximate surface area is 249 Å². The van der Waals surface area contributed by atoms with Crippen LogP contribution < -0.4 is 10.2 Å². The highest BCUT2D eigenvalue weighted by Crippen LogP contribution is 2.48. The molecule has 9 heteroatoms. The molecule has 0 unspecified atom stereocenters. The highest BCUT2D eigenvalue weighted by Gasteiger charge is 2.40. The zero-order valence-electron chi connectivity index (χ0n) is 24.4. The third-order valence-electron chi connectivity index (χ3n) is 7.48. The summed E-state index contributed by atoms with van der Waals surface area (Å²) in [5.41, 5.74) is 5.71. The number of thioether (sulfide) groups is 1. The number of nitrogens with one attached hydrogen (secondary N) is 1. The quantitative estimate of drug-likeness (QED) is 0.277. The lowest BCUT2D eigenvalue weighted by molar-refractivity contribution is -0.123. The van der Waals surface area contributed by atoms with Crippen LogP contribution in [-0.4, -0.2) is 33.9 Å². The Kier molecular flexibility index (Phi) is 8.23. The SMILES string of the molecule is Cc1cccc(-n2nc(C(C)(C)C)c3c2N(CC(=O)NCc2ccc(F)cc2)C(=O)CS[C@@H]3c2ccc(F)cc2)c1C. The number of hydrogen-bond acceptors (Lipinski definition) is 4. The van der Waals surface area contributed by atoms with Crippen LogP contribution in [0.15, 0.2) is 66.7 Å². The normalized spacial score (nSPS) is 15.4. The van der Waals surface area contributed by atoms with Crippen LogP contribution >= 0.6 is 11.8 Å². The van der Waals surface area contributed by atoms with E-state index in [0.29, 0.717) is 5.82 Å². The van der Waals surface area contributed by atoms with Gasteiger partial charge < -0.3 is 5.32 Å². The number of benzene rings is 3. The first-order valence-corrected chi connectivity index (χ1v) is 14.9. The molecule has 0 saturated carbocycles. The third kappa shape index (κ3) is 5.97. The molecule has 0 fully saturated rings. The van der Waals surface area contributed by atoms with Gasteiger partial charge >= 0.3 is 0 Å². The van der Waals surface area contributed by atoms with Crippen molar-refractivity contribution in [1.82, 2.24) is 15.1 Å². The van der Waals surface area contributed by atoms with Crippen molar-refractivity contribution in [3.8, 4) is 5.69 Å². The second kappa shape index (κ2) is 11.7. The summed E-state index contributed by atoms with van der Waals surface area (Å²) in [6, 6.07) is 18.2. The molecule has 0 spiro atoms. The standard InChI is InChI=1S/C33H34F2N4O2S/c1-20-7-6-8-26(21(20)2)39-32-29(31(37-39)33(3,4)5)30(23-11-15-25(35)16-12-23)42-19-28(41)38(32)18-27(40)36-17-22-9-13-24(34)14-10-22/h6-16,30H,17-19H2,1-5H3,(H,36,40)/t30-/m1/s1. The topological polar surface area (TPSA) is 67.2 Å². The lowest BCUT2D eigenvalue weighted by atomic mass is 9.87. The van der Waals surface area contributed by atoms with Gasteiger partial charge in [-0.05, 0) is 66.4 Å². The zero-order valence-corrected chi connectivity index (χ0v) is 25.2. The average Bonchev–Trinajstić information content (AvgIpc) is 3.28. The van der Waals surface area contributed by atoms with Gasteiger partial charge in [0.1, 0.15) is 24.0 Å². The molecule has 2 amide bonds. The third-order valence-corrected chi connectivity index (χ3v) is 8.74. The van der Waals surface area contributed by atoms with Crippen molar-refractivity contribution in [1.29, 1.82) is 0 Å². The van der Waals surface area contributed by atoms with Crippen LogP contribution in [0.4, 0.5) is 14.6 Å². The first-order chi connectivity index (χ1) is 19.9. The summed E-state index contributed by atoms with van der Waals surface area (Å²) in [4.78, 5) is 28.7. The van der Waals surface area contributed by atoms with Gasteiger partial charge in [0.25, 0.3) is 0 Å². The maximum atomic E-state index is 13.9. The van der Waals surface area contributed by atoms with Crippen LogP contribution in [0.25, 0.3) is 5.69 Å². The van der Waals surface area contributed by atoms with E-state index in [9.17, 15) is 18.4 Å². The molecule has 1 aliphatic rings. The summed E-state index contributed by atoms with van der Waals surface area (Å²) < 4.78 is 29.1. The molecule has 0 saturated heterocycles. The van der Waals surface area contributed by atoms with Gasteiger partial charge in [-0.25, -0.2) is 13.5 Å². The number of rotatable bonds is 6. The Morgan fingerprint density at radius 1 is 1.00 bits per heavy atom. The second-order valence-corrected chi connectivity index (χ2v) is 12.7. The molecule has 5 rings (SSSR count). The lowest BCUT2D eigenvalue weighted by Gasteiger charge is -2.25. The van der Waals surface area contributed by atoms with Gasteiger partial charge in [-0.15, -0.1) is 11.8 Å². The lowest BCUT2D eigenvalue weighted by Crippen LogP contribution is -2.42. The van der Waals surface area contributed by atoms with E-state index in [2.05, 4.69) is 26.1 Å². The van der Waals surface area contributed by atoms with Crippen LogP contribution in [0.1, 0.15) is 59.5 Å². The van der Waals surface area contributed by atoms with E-state index in [1.807, 2.05) is 32.0 Å². The summed E-state index contributed by atoms with van der Waals surface area (Å²) in [6.45, 7) is 10.2. The van der Waals surface area contributed by atoms with E-state index in [-0.39, 0.29) is 47.5 Å². The number of carbonyl (C=O) groups is 2. The molecule has 4 aromatic rings. The molecule has 1 aromatic heterocycles. The summed E-state index contributed by atoms with van der Waals surface area (Å²) in [6.07, 6.45) is 0. The minimum absolute atomic E-state index is 0.123. The fourth-order valence-electron chi connectivity index (χ4n) is 5.11. The molecule has 3 aromatic carbocycles. The van der Waals surface area contributed by atoms with Crippen molar-refractivity contribution >= 4 is 29.4 Å². The van der Waals surface area contributed by atoms with Crippen molar-refractivity contribution in [2.24, 2.45) is 0 Å². The number of halogens is 2. The van der Waals surface area contributed by atoms with Gasteiger partial charge in [-0.1, -0.05) is 57.2 Å². The molecule has 2 heterocycles. The van der Waals surface area contributed by atoms with Crippen molar-refractivity contribution < 1.29 is 18.4 Å². The van der Waals surface area contributed by atoms with Crippen LogP contribution in [0.5, 0.6) is 0 Å². The molecule has 42 heavy (non-hydrogen) atoms. The summed E-state index contributed by atoms with van der Waals surface area (Å²) in [7, 11) is 0. The second-order valence-electron chi connectivity index (χ2n) is 11.6. The number of anilines is 1. The number of nitrogens with zero attached hydrogens (tertiary/aromatic N) is 3. The summed E-state index contributed by atoms with van der Waals surface area (Å²) in [5.74, 6) is -0.608. The number of fused-ring (bicyclic) bond motifs is 1. The molecule has 218 valence electrons. The van der Waals surface area contributed by atoms with Crippen LogP contribution in [0.2, 0.25) is 0 Å². The Bertz CT molecular complexity index is 1630. The first-order valence-electron chi connectivity index (χ1n) is 13.8. The van der Waals surface area contributed by atoms with Crippen molar-refractivity contribution in [2.45, 2.75) is 51.8 Å². The Hall–Kier alpha value is -3.98.